The van der Waals surface area contributed by atoms with Gasteiger partial charge in [-0.1, -0.05) is 31.2 Å². The Labute approximate surface area is 125 Å². The first-order valence-electron chi connectivity index (χ1n) is 7.83. The molecule has 0 radical (unpaired) electrons. The van der Waals surface area contributed by atoms with E-state index in [9.17, 15) is 0 Å². The standard InChI is InChI=1S/C15H25N3OS/c1-10(2)13-14(20-18-17-13)12(16)11-5-8-19-15(9-11)6-3-4-7-15/h10-12H,3-9,16H2,1-2H3. The summed E-state index contributed by atoms with van der Waals surface area (Å²) in [4.78, 5) is 1.19. The number of hydrogen-bond donors (Lipinski definition) is 1. The first-order chi connectivity index (χ1) is 9.61. The van der Waals surface area contributed by atoms with E-state index in [0.717, 1.165) is 25.1 Å². The van der Waals surface area contributed by atoms with Crippen molar-refractivity contribution in [2.75, 3.05) is 6.61 Å². The molecule has 0 bridgehead atoms. The number of hydrogen-bond acceptors (Lipinski definition) is 5. The van der Waals surface area contributed by atoms with Gasteiger partial charge in [-0.25, -0.2) is 0 Å². The molecule has 3 rings (SSSR count). The molecule has 1 aliphatic heterocycles. The second kappa shape index (κ2) is 5.70. The lowest BCUT2D eigenvalue weighted by molar-refractivity contribution is -0.0962. The average Bonchev–Trinajstić information content (AvgIpc) is 3.07. The first-order valence-corrected chi connectivity index (χ1v) is 8.60. The minimum atomic E-state index is 0.0776. The van der Waals surface area contributed by atoms with Crippen LogP contribution >= 0.6 is 11.5 Å². The fourth-order valence-corrected chi connectivity index (χ4v) is 4.69. The molecule has 1 aromatic heterocycles. The lowest BCUT2D eigenvalue weighted by Crippen LogP contribution is -2.40. The quantitative estimate of drug-likeness (QED) is 0.928. The van der Waals surface area contributed by atoms with Gasteiger partial charge in [0.15, 0.2) is 0 Å². The minimum Gasteiger partial charge on any atom is -0.375 e. The summed E-state index contributed by atoms with van der Waals surface area (Å²) < 4.78 is 10.2. The summed E-state index contributed by atoms with van der Waals surface area (Å²) in [6.07, 6.45) is 7.23. The van der Waals surface area contributed by atoms with Gasteiger partial charge in [0.2, 0.25) is 0 Å². The van der Waals surface area contributed by atoms with Crippen LogP contribution in [0.4, 0.5) is 0 Å². The predicted octanol–water partition coefficient (Wildman–Crippen LogP) is 3.40. The van der Waals surface area contributed by atoms with Crippen LogP contribution in [-0.2, 0) is 4.74 Å². The molecule has 1 saturated carbocycles. The van der Waals surface area contributed by atoms with Crippen LogP contribution in [0.25, 0.3) is 0 Å². The Hall–Kier alpha value is -0.520. The number of ether oxygens (including phenoxy) is 1. The number of nitrogens with zero attached hydrogens (tertiary/aromatic N) is 2. The van der Waals surface area contributed by atoms with Crippen LogP contribution in [0, 0.1) is 5.92 Å². The number of aromatic nitrogens is 2. The Bertz CT molecular complexity index is 454. The van der Waals surface area contributed by atoms with Gasteiger partial charge in [-0.05, 0) is 49.1 Å². The number of nitrogens with two attached hydrogens (primary N) is 1. The monoisotopic (exact) mass is 295 g/mol. The van der Waals surface area contributed by atoms with E-state index >= 15 is 0 Å². The maximum absolute atomic E-state index is 6.58. The molecule has 0 amide bonds. The molecule has 1 saturated heterocycles. The molecule has 1 aromatic rings. The molecule has 0 aromatic carbocycles. The van der Waals surface area contributed by atoms with Crippen molar-refractivity contribution >= 4 is 11.5 Å². The molecule has 20 heavy (non-hydrogen) atoms. The highest BCUT2D eigenvalue weighted by Crippen LogP contribution is 2.45. The van der Waals surface area contributed by atoms with Crippen molar-refractivity contribution < 1.29 is 4.74 Å². The van der Waals surface area contributed by atoms with E-state index in [0.29, 0.717) is 11.8 Å². The van der Waals surface area contributed by atoms with Gasteiger partial charge in [-0.15, -0.1) is 5.10 Å². The highest BCUT2D eigenvalue weighted by atomic mass is 32.1. The van der Waals surface area contributed by atoms with E-state index in [1.54, 1.807) is 0 Å². The van der Waals surface area contributed by atoms with Crippen LogP contribution in [0.5, 0.6) is 0 Å². The number of rotatable bonds is 3. The van der Waals surface area contributed by atoms with E-state index in [4.69, 9.17) is 10.5 Å². The Balaban J connectivity index is 1.76. The van der Waals surface area contributed by atoms with Crippen molar-refractivity contribution in [3.8, 4) is 0 Å². The molecular formula is C15H25N3OS. The van der Waals surface area contributed by atoms with Crippen LogP contribution in [-0.4, -0.2) is 21.8 Å². The molecule has 2 unspecified atom stereocenters. The Morgan fingerprint density at radius 1 is 1.35 bits per heavy atom. The zero-order valence-electron chi connectivity index (χ0n) is 12.5. The molecule has 2 N–H and O–H groups in total. The van der Waals surface area contributed by atoms with Crippen LogP contribution < -0.4 is 5.73 Å². The fraction of sp³-hybridized carbons (Fsp3) is 0.867. The molecule has 1 spiro atoms. The maximum atomic E-state index is 6.58. The lowest BCUT2D eigenvalue weighted by Gasteiger charge is -2.40. The third-order valence-corrected chi connectivity index (χ3v) is 5.78. The Kier molecular flexibility index (Phi) is 4.11. The minimum absolute atomic E-state index is 0.0776. The fourth-order valence-electron chi connectivity index (χ4n) is 3.79. The van der Waals surface area contributed by atoms with Crippen LogP contribution in [0.2, 0.25) is 0 Å². The third-order valence-electron chi connectivity index (χ3n) is 4.94. The van der Waals surface area contributed by atoms with Crippen LogP contribution in [0.15, 0.2) is 0 Å². The van der Waals surface area contributed by atoms with E-state index < -0.39 is 0 Å². The molecular weight excluding hydrogens is 270 g/mol. The second-order valence-electron chi connectivity index (χ2n) is 6.69. The highest BCUT2D eigenvalue weighted by molar-refractivity contribution is 7.05. The molecule has 2 fully saturated rings. The highest BCUT2D eigenvalue weighted by Gasteiger charge is 2.42. The van der Waals surface area contributed by atoms with Gasteiger partial charge in [0.1, 0.15) is 0 Å². The van der Waals surface area contributed by atoms with Gasteiger partial charge >= 0.3 is 0 Å². The summed E-state index contributed by atoms with van der Waals surface area (Å²) in [5.74, 6) is 0.914. The summed E-state index contributed by atoms with van der Waals surface area (Å²) in [6.45, 7) is 5.19. The van der Waals surface area contributed by atoms with Gasteiger partial charge in [-0.3, -0.25) is 0 Å². The van der Waals surface area contributed by atoms with E-state index in [1.165, 1.54) is 42.1 Å². The lowest BCUT2D eigenvalue weighted by atomic mass is 9.80. The van der Waals surface area contributed by atoms with Gasteiger partial charge in [0.25, 0.3) is 0 Å². The molecule has 4 nitrogen and oxygen atoms in total. The van der Waals surface area contributed by atoms with E-state index in [2.05, 4.69) is 23.4 Å². The summed E-state index contributed by atoms with van der Waals surface area (Å²) in [5, 5.41) is 4.28. The maximum Gasteiger partial charge on any atom is 0.0829 e. The first kappa shape index (κ1) is 14.4. The zero-order valence-corrected chi connectivity index (χ0v) is 13.3. The van der Waals surface area contributed by atoms with Crippen LogP contribution in [0.3, 0.4) is 0 Å². The van der Waals surface area contributed by atoms with Crippen molar-refractivity contribution in [2.45, 2.75) is 69.9 Å². The average molecular weight is 295 g/mol. The topological polar surface area (TPSA) is 61.0 Å². The predicted molar refractivity (Wildman–Crippen MR) is 80.8 cm³/mol. The van der Waals surface area contributed by atoms with Gasteiger partial charge in [0, 0.05) is 12.6 Å². The molecule has 1 aliphatic carbocycles. The molecule has 2 heterocycles. The molecule has 2 atom stereocenters. The van der Waals surface area contributed by atoms with Gasteiger partial charge in [-0.2, -0.15) is 0 Å². The SMILES string of the molecule is CC(C)c1nnsc1C(N)C1CCOC2(CCCC2)C1. The van der Waals surface area contributed by atoms with Crippen molar-refractivity contribution in [3.05, 3.63) is 10.6 Å². The van der Waals surface area contributed by atoms with Crippen molar-refractivity contribution in [2.24, 2.45) is 11.7 Å². The second-order valence-corrected chi connectivity index (χ2v) is 7.48. The van der Waals surface area contributed by atoms with Crippen molar-refractivity contribution in [1.29, 1.82) is 0 Å². The van der Waals surface area contributed by atoms with Crippen molar-refractivity contribution in [1.82, 2.24) is 9.59 Å². The Morgan fingerprint density at radius 2 is 2.10 bits per heavy atom. The Morgan fingerprint density at radius 3 is 2.80 bits per heavy atom. The van der Waals surface area contributed by atoms with E-state index in [1.807, 2.05) is 0 Å². The normalized spacial score (nSPS) is 27.3. The summed E-state index contributed by atoms with van der Waals surface area (Å²) in [5.41, 5.74) is 7.81. The molecule has 112 valence electrons. The van der Waals surface area contributed by atoms with Crippen LogP contribution in [0.1, 0.15) is 74.9 Å². The summed E-state index contributed by atoms with van der Waals surface area (Å²) >= 11 is 1.48. The van der Waals surface area contributed by atoms with E-state index in [-0.39, 0.29) is 11.6 Å². The van der Waals surface area contributed by atoms with Gasteiger partial charge in [0.05, 0.1) is 16.2 Å². The molecule has 2 aliphatic rings. The largest absolute Gasteiger partial charge is 0.375 e. The zero-order chi connectivity index (χ0) is 14.2. The summed E-state index contributed by atoms with van der Waals surface area (Å²) in [7, 11) is 0. The summed E-state index contributed by atoms with van der Waals surface area (Å²) in [6, 6.07) is 0.0776. The smallest absolute Gasteiger partial charge is 0.0829 e. The third kappa shape index (κ3) is 2.63. The van der Waals surface area contributed by atoms with Crippen molar-refractivity contribution in [3.63, 3.8) is 0 Å². The molecule has 5 heteroatoms. The van der Waals surface area contributed by atoms with Gasteiger partial charge < -0.3 is 10.5 Å².